The molecule has 5 nitrogen and oxygen atoms in total. The first-order chi connectivity index (χ1) is 8.25. The third-order valence-electron chi connectivity index (χ3n) is 3.10. The van der Waals surface area contributed by atoms with Gasteiger partial charge in [0.1, 0.15) is 17.1 Å². The third-order valence-corrected chi connectivity index (χ3v) is 3.10. The van der Waals surface area contributed by atoms with E-state index in [-0.39, 0.29) is 5.66 Å². The molecule has 2 aromatic rings. The van der Waals surface area contributed by atoms with Gasteiger partial charge in [-0.2, -0.15) is 0 Å². The molecule has 0 radical (unpaired) electrons. The predicted octanol–water partition coefficient (Wildman–Crippen LogP) is 0.108. The molecule has 1 fully saturated rings. The molecule has 1 aliphatic rings. The Balaban J connectivity index is 2.11. The van der Waals surface area contributed by atoms with Gasteiger partial charge in [0.05, 0.1) is 5.39 Å². The van der Waals surface area contributed by atoms with Crippen LogP contribution in [-0.4, -0.2) is 35.2 Å². The normalized spacial score (nSPS) is 15.8. The molecule has 0 aromatic carbocycles. The Morgan fingerprint density at radius 2 is 2.06 bits per heavy atom. The highest BCUT2D eigenvalue weighted by Crippen LogP contribution is 2.27. The molecule has 0 unspecified atom stereocenters. The van der Waals surface area contributed by atoms with Gasteiger partial charge in [-0.1, -0.05) is 0 Å². The van der Waals surface area contributed by atoms with E-state index < -0.39 is 7.12 Å². The fraction of sp³-hybridized carbons (Fsp3) is 0.364. The van der Waals surface area contributed by atoms with Gasteiger partial charge in [0.2, 0.25) is 0 Å². The molecule has 88 valence electrons. The summed E-state index contributed by atoms with van der Waals surface area (Å²) in [6, 6.07) is 3.39. The second kappa shape index (κ2) is 4.05. The summed E-state index contributed by atoms with van der Waals surface area (Å²) in [4.78, 5) is 6.56. The molecule has 0 atom stereocenters. The van der Waals surface area contributed by atoms with E-state index >= 15 is 0 Å². The number of furan rings is 1. The highest BCUT2D eigenvalue weighted by molar-refractivity contribution is 6.57. The van der Waals surface area contributed by atoms with Gasteiger partial charge in [0, 0.05) is 19.3 Å². The van der Waals surface area contributed by atoms with Crippen molar-refractivity contribution in [1.29, 1.82) is 0 Å². The summed E-state index contributed by atoms with van der Waals surface area (Å²) in [6.45, 7) is 1.99. The largest absolute Gasteiger partial charge is 0.526 e. The van der Waals surface area contributed by atoms with Gasteiger partial charge in [0.25, 0.3) is 0 Å². The number of rotatable bonds is 2. The van der Waals surface area contributed by atoms with Gasteiger partial charge in [-0.05, 0) is 25.0 Å². The minimum absolute atomic E-state index is 0.161. The smallest absolute Gasteiger partial charge is 0.464 e. The van der Waals surface area contributed by atoms with E-state index in [0.29, 0.717) is 5.58 Å². The molecule has 0 bridgehead atoms. The summed E-state index contributed by atoms with van der Waals surface area (Å²) in [5.74, 6) is 0.871. The monoisotopic (exact) mass is 232 g/mol. The lowest BCUT2D eigenvalue weighted by Crippen LogP contribution is -2.27. The molecule has 2 N–H and O–H groups in total. The molecule has 17 heavy (non-hydrogen) atoms. The Hall–Kier alpha value is -1.53. The van der Waals surface area contributed by atoms with Crippen LogP contribution in [0.1, 0.15) is 12.8 Å². The summed E-state index contributed by atoms with van der Waals surface area (Å²) in [5.41, 5.74) is 0.804. The maximum Gasteiger partial charge on any atom is 0.526 e. The first-order valence-electron chi connectivity index (χ1n) is 5.75. The molecule has 0 spiro atoms. The maximum absolute atomic E-state index is 9.11. The molecule has 3 rings (SSSR count). The molecule has 3 heterocycles. The number of hydrogen-bond donors (Lipinski definition) is 2. The molecule has 0 aliphatic carbocycles. The van der Waals surface area contributed by atoms with Crippen molar-refractivity contribution in [2.45, 2.75) is 12.8 Å². The number of fused-ring (bicyclic) bond motifs is 1. The number of aromatic nitrogens is 1. The molecular formula is C11H13BN2O3. The van der Waals surface area contributed by atoms with Crippen molar-refractivity contribution in [2.24, 2.45) is 0 Å². The van der Waals surface area contributed by atoms with Gasteiger partial charge in [-0.3, -0.25) is 0 Å². The number of anilines is 1. The third kappa shape index (κ3) is 1.79. The van der Waals surface area contributed by atoms with E-state index in [1.165, 1.54) is 12.8 Å². The first-order valence-corrected chi connectivity index (χ1v) is 5.75. The van der Waals surface area contributed by atoms with Gasteiger partial charge in [-0.15, -0.1) is 0 Å². The lowest BCUT2D eigenvalue weighted by molar-refractivity contribution is 0.412. The molecule has 6 heteroatoms. The molecule has 1 aliphatic heterocycles. The summed E-state index contributed by atoms with van der Waals surface area (Å²) in [5, 5.41) is 19.1. The Morgan fingerprint density at radius 3 is 2.76 bits per heavy atom. The van der Waals surface area contributed by atoms with E-state index in [2.05, 4.69) is 9.88 Å². The molecule has 0 saturated carbocycles. The molecular weight excluding hydrogens is 219 g/mol. The van der Waals surface area contributed by atoms with Crippen molar-refractivity contribution in [3.63, 3.8) is 0 Å². The van der Waals surface area contributed by atoms with E-state index in [1.807, 2.05) is 0 Å². The van der Waals surface area contributed by atoms with Gasteiger partial charge in [-0.25, -0.2) is 4.98 Å². The minimum atomic E-state index is -1.58. The lowest BCUT2D eigenvalue weighted by Gasteiger charge is -2.16. The highest BCUT2D eigenvalue weighted by atomic mass is 16.4. The van der Waals surface area contributed by atoms with Crippen molar-refractivity contribution >= 4 is 29.6 Å². The number of nitrogens with zero attached hydrogens (tertiary/aromatic N) is 2. The van der Waals surface area contributed by atoms with Crippen LogP contribution < -0.4 is 10.6 Å². The fourth-order valence-corrected chi connectivity index (χ4v) is 2.28. The molecule has 2 aromatic heterocycles. The van der Waals surface area contributed by atoms with Crippen molar-refractivity contribution < 1.29 is 14.5 Å². The van der Waals surface area contributed by atoms with Crippen LogP contribution in [-0.2, 0) is 0 Å². The highest BCUT2D eigenvalue weighted by Gasteiger charge is 2.22. The molecule has 1 saturated heterocycles. The Labute approximate surface area is 98.8 Å². The second-order valence-corrected chi connectivity index (χ2v) is 4.26. The van der Waals surface area contributed by atoms with Crippen molar-refractivity contribution in [1.82, 2.24) is 4.98 Å². The number of pyridine rings is 1. The van der Waals surface area contributed by atoms with Crippen LogP contribution in [0.4, 0.5) is 5.82 Å². The average Bonchev–Trinajstić information content (AvgIpc) is 2.97. The summed E-state index contributed by atoms with van der Waals surface area (Å²) >= 11 is 0. The van der Waals surface area contributed by atoms with E-state index in [9.17, 15) is 0 Å². The Bertz CT molecular complexity index is 534. The van der Waals surface area contributed by atoms with E-state index in [1.54, 1.807) is 18.3 Å². The lowest BCUT2D eigenvalue weighted by atomic mass is 9.88. The Morgan fingerprint density at radius 1 is 1.29 bits per heavy atom. The van der Waals surface area contributed by atoms with Crippen LogP contribution in [0.3, 0.4) is 0 Å². The van der Waals surface area contributed by atoms with E-state index in [0.717, 1.165) is 24.3 Å². The van der Waals surface area contributed by atoms with Crippen molar-refractivity contribution in [3.8, 4) is 0 Å². The van der Waals surface area contributed by atoms with E-state index in [4.69, 9.17) is 14.5 Å². The number of hydrogen-bond acceptors (Lipinski definition) is 5. The maximum atomic E-state index is 9.11. The quantitative estimate of drug-likeness (QED) is 0.719. The van der Waals surface area contributed by atoms with Crippen molar-refractivity contribution in [2.75, 3.05) is 18.0 Å². The van der Waals surface area contributed by atoms with Crippen LogP contribution in [0.25, 0.3) is 11.0 Å². The van der Waals surface area contributed by atoms with Gasteiger partial charge < -0.3 is 19.4 Å². The van der Waals surface area contributed by atoms with Crippen LogP contribution in [0.15, 0.2) is 22.7 Å². The van der Waals surface area contributed by atoms with Gasteiger partial charge in [0.15, 0.2) is 0 Å². The Kier molecular flexibility index (Phi) is 2.53. The zero-order valence-corrected chi connectivity index (χ0v) is 9.33. The van der Waals surface area contributed by atoms with Crippen LogP contribution >= 0.6 is 0 Å². The zero-order chi connectivity index (χ0) is 11.8. The SMILES string of the molecule is OB(O)c1cc2c(N3CCCC3)nccc2o1. The van der Waals surface area contributed by atoms with Crippen LogP contribution in [0.2, 0.25) is 0 Å². The summed E-state index contributed by atoms with van der Waals surface area (Å²) in [6.07, 6.45) is 4.03. The first kappa shape index (κ1) is 10.6. The average molecular weight is 232 g/mol. The molecule has 0 amide bonds. The summed E-state index contributed by atoms with van der Waals surface area (Å²) < 4.78 is 5.36. The van der Waals surface area contributed by atoms with Crippen LogP contribution in [0.5, 0.6) is 0 Å². The second-order valence-electron chi connectivity index (χ2n) is 4.26. The predicted molar refractivity (Wildman–Crippen MR) is 65.3 cm³/mol. The minimum Gasteiger partial charge on any atom is -0.464 e. The van der Waals surface area contributed by atoms with Gasteiger partial charge >= 0.3 is 7.12 Å². The fourth-order valence-electron chi connectivity index (χ4n) is 2.28. The topological polar surface area (TPSA) is 69.7 Å². The van der Waals surface area contributed by atoms with Crippen LogP contribution in [0, 0.1) is 0 Å². The van der Waals surface area contributed by atoms with Crippen molar-refractivity contribution in [3.05, 3.63) is 18.3 Å². The zero-order valence-electron chi connectivity index (χ0n) is 9.33. The summed E-state index contributed by atoms with van der Waals surface area (Å²) in [7, 11) is -1.58. The standard InChI is InChI=1S/C11H13BN2O3/c15-12(16)10-7-8-9(17-10)3-4-13-11(8)14-5-1-2-6-14/h3-4,7,15-16H,1-2,5-6H2.